The van der Waals surface area contributed by atoms with Crippen LogP contribution in [0.3, 0.4) is 0 Å². The number of fused-ring (bicyclic) bond motifs is 1. The zero-order chi connectivity index (χ0) is 14.1. The number of nitrogens with zero attached hydrogens (tertiary/aromatic N) is 1. The SMILES string of the molecule is C[C@@H]1OCC[C@H]1C(=O)N1CCc2ccccc2[C@H]1CO. The highest BCUT2D eigenvalue weighted by Crippen LogP contribution is 2.32. The normalized spacial score (nSPS) is 29.3. The Morgan fingerprint density at radius 3 is 2.95 bits per heavy atom. The van der Waals surface area contributed by atoms with Crippen molar-refractivity contribution in [1.82, 2.24) is 4.90 Å². The summed E-state index contributed by atoms with van der Waals surface area (Å²) in [6, 6.07) is 7.87. The molecule has 0 radical (unpaired) electrons. The maximum atomic E-state index is 12.7. The molecule has 1 fully saturated rings. The van der Waals surface area contributed by atoms with Crippen LogP contribution in [0.25, 0.3) is 0 Å². The summed E-state index contributed by atoms with van der Waals surface area (Å²) >= 11 is 0. The van der Waals surface area contributed by atoms with Crippen LogP contribution in [-0.4, -0.2) is 41.8 Å². The van der Waals surface area contributed by atoms with Crippen molar-refractivity contribution in [3.63, 3.8) is 0 Å². The number of benzene rings is 1. The van der Waals surface area contributed by atoms with E-state index in [1.165, 1.54) is 5.56 Å². The molecule has 2 aliphatic heterocycles. The molecule has 2 aliphatic rings. The Labute approximate surface area is 119 Å². The predicted octanol–water partition coefficient (Wildman–Crippen LogP) is 1.53. The minimum atomic E-state index is -0.208. The van der Waals surface area contributed by atoms with Crippen molar-refractivity contribution < 1.29 is 14.6 Å². The third-order valence-corrected chi connectivity index (χ3v) is 4.56. The second-order valence-corrected chi connectivity index (χ2v) is 5.65. The smallest absolute Gasteiger partial charge is 0.228 e. The van der Waals surface area contributed by atoms with Gasteiger partial charge >= 0.3 is 0 Å². The van der Waals surface area contributed by atoms with Gasteiger partial charge in [-0.2, -0.15) is 0 Å². The molecule has 0 saturated carbocycles. The van der Waals surface area contributed by atoms with Crippen molar-refractivity contribution in [1.29, 1.82) is 0 Å². The predicted molar refractivity (Wildman–Crippen MR) is 75.2 cm³/mol. The highest BCUT2D eigenvalue weighted by atomic mass is 16.5. The number of aliphatic hydroxyl groups excluding tert-OH is 1. The van der Waals surface area contributed by atoms with Crippen LogP contribution in [0.15, 0.2) is 24.3 Å². The van der Waals surface area contributed by atoms with Gasteiger partial charge in [0.05, 0.1) is 24.7 Å². The number of ether oxygens (including phenoxy) is 1. The van der Waals surface area contributed by atoms with E-state index in [0.717, 1.165) is 18.4 Å². The number of carbonyl (C=O) groups excluding carboxylic acids is 1. The van der Waals surface area contributed by atoms with Crippen molar-refractivity contribution in [3.8, 4) is 0 Å². The molecule has 1 N–H and O–H groups in total. The molecule has 0 bridgehead atoms. The third kappa shape index (κ3) is 2.23. The second kappa shape index (κ2) is 5.54. The summed E-state index contributed by atoms with van der Waals surface area (Å²) in [5.74, 6) is 0.0675. The Morgan fingerprint density at radius 2 is 2.25 bits per heavy atom. The molecule has 4 nitrogen and oxygen atoms in total. The van der Waals surface area contributed by atoms with Crippen LogP contribution in [0.4, 0.5) is 0 Å². The monoisotopic (exact) mass is 275 g/mol. The maximum Gasteiger partial charge on any atom is 0.228 e. The standard InChI is InChI=1S/C16H21NO3/c1-11-13(7-9-20-11)16(19)17-8-6-12-4-2-3-5-14(12)15(17)10-18/h2-5,11,13,15,18H,6-10H2,1H3/t11-,13+,15+/m0/s1. The molecule has 0 aliphatic carbocycles. The number of amides is 1. The highest BCUT2D eigenvalue weighted by Gasteiger charge is 2.38. The fraction of sp³-hybridized carbons (Fsp3) is 0.562. The molecule has 108 valence electrons. The first kappa shape index (κ1) is 13.6. The van der Waals surface area contributed by atoms with Crippen LogP contribution in [0.5, 0.6) is 0 Å². The van der Waals surface area contributed by atoms with Crippen LogP contribution in [-0.2, 0) is 16.0 Å². The van der Waals surface area contributed by atoms with Crippen molar-refractivity contribution in [2.45, 2.75) is 31.9 Å². The van der Waals surface area contributed by atoms with E-state index in [-0.39, 0.29) is 30.6 Å². The van der Waals surface area contributed by atoms with E-state index in [4.69, 9.17) is 4.74 Å². The average Bonchev–Trinajstić information content (AvgIpc) is 2.91. The molecule has 0 spiro atoms. The molecule has 1 aromatic rings. The van der Waals surface area contributed by atoms with Crippen molar-refractivity contribution in [3.05, 3.63) is 35.4 Å². The largest absolute Gasteiger partial charge is 0.394 e. The summed E-state index contributed by atoms with van der Waals surface area (Å²) < 4.78 is 5.51. The Balaban J connectivity index is 1.85. The summed E-state index contributed by atoms with van der Waals surface area (Å²) in [4.78, 5) is 14.6. The molecule has 4 heteroatoms. The van der Waals surface area contributed by atoms with Gasteiger partial charge in [-0.3, -0.25) is 4.79 Å². The lowest BCUT2D eigenvalue weighted by atomic mass is 9.90. The summed E-state index contributed by atoms with van der Waals surface area (Å²) in [5, 5.41) is 9.74. The zero-order valence-electron chi connectivity index (χ0n) is 11.8. The van der Waals surface area contributed by atoms with Gasteiger partial charge in [0.2, 0.25) is 5.91 Å². The molecule has 20 heavy (non-hydrogen) atoms. The summed E-state index contributed by atoms with van der Waals surface area (Å²) in [6.07, 6.45) is 1.63. The lowest BCUT2D eigenvalue weighted by Gasteiger charge is -2.38. The minimum absolute atomic E-state index is 0.0148. The van der Waals surface area contributed by atoms with Crippen molar-refractivity contribution >= 4 is 5.91 Å². The molecular formula is C16H21NO3. The number of hydrogen-bond donors (Lipinski definition) is 1. The first-order chi connectivity index (χ1) is 9.72. The van der Waals surface area contributed by atoms with Gasteiger partial charge in [0.25, 0.3) is 0 Å². The van der Waals surface area contributed by atoms with Crippen LogP contribution in [0.1, 0.15) is 30.5 Å². The topological polar surface area (TPSA) is 49.8 Å². The Bertz CT molecular complexity index is 502. The first-order valence-corrected chi connectivity index (χ1v) is 7.33. The van der Waals surface area contributed by atoms with E-state index < -0.39 is 0 Å². The van der Waals surface area contributed by atoms with E-state index in [2.05, 4.69) is 6.07 Å². The lowest BCUT2D eigenvalue weighted by molar-refractivity contribution is -0.141. The van der Waals surface area contributed by atoms with E-state index >= 15 is 0 Å². The molecule has 1 saturated heterocycles. The third-order valence-electron chi connectivity index (χ3n) is 4.56. The van der Waals surface area contributed by atoms with E-state index in [1.807, 2.05) is 30.0 Å². The van der Waals surface area contributed by atoms with Gasteiger partial charge in [-0.1, -0.05) is 24.3 Å². The zero-order valence-corrected chi connectivity index (χ0v) is 11.8. The molecule has 3 atom stereocenters. The van der Waals surface area contributed by atoms with Gasteiger partial charge in [-0.05, 0) is 30.9 Å². The Hall–Kier alpha value is -1.39. The summed E-state index contributed by atoms with van der Waals surface area (Å²) in [6.45, 7) is 3.28. The summed E-state index contributed by atoms with van der Waals surface area (Å²) in [7, 11) is 0. The van der Waals surface area contributed by atoms with E-state index in [9.17, 15) is 9.90 Å². The van der Waals surface area contributed by atoms with Crippen LogP contribution < -0.4 is 0 Å². The van der Waals surface area contributed by atoms with Crippen LogP contribution in [0.2, 0.25) is 0 Å². The number of rotatable bonds is 2. The quantitative estimate of drug-likeness (QED) is 0.890. The van der Waals surface area contributed by atoms with Crippen molar-refractivity contribution in [2.24, 2.45) is 5.92 Å². The number of aliphatic hydroxyl groups is 1. The second-order valence-electron chi connectivity index (χ2n) is 5.65. The minimum Gasteiger partial charge on any atom is -0.394 e. The van der Waals surface area contributed by atoms with Crippen LogP contribution in [0, 0.1) is 5.92 Å². The highest BCUT2D eigenvalue weighted by molar-refractivity contribution is 5.80. The van der Waals surface area contributed by atoms with Gasteiger partial charge < -0.3 is 14.7 Å². The van der Waals surface area contributed by atoms with Gasteiger partial charge in [0, 0.05) is 13.2 Å². The Kier molecular flexibility index (Phi) is 3.76. The van der Waals surface area contributed by atoms with Crippen molar-refractivity contribution in [2.75, 3.05) is 19.8 Å². The molecular weight excluding hydrogens is 254 g/mol. The van der Waals surface area contributed by atoms with E-state index in [0.29, 0.717) is 13.2 Å². The first-order valence-electron chi connectivity index (χ1n) is 7.33. The number of hydrogen-bond acceptors (Lipinski definition) is 3. The fourth-order valence-electron chi connectivity index (χ4n) is 3.38. The number of carbonyl (C=O) groups is 1. The molecule has 1 aromatic carbocycles. The van der Waals surface area contributed by atoms with Gasteiger partial charge in [0.15, 0.2) is 0 Å². The molecule has 2 heterocycles. The van der Waals surface area contributed by atoms with Gasteiger partial charge in [-0.25, -0.2) is 0 Å². The molecule has 0 aromatic heterocycles. The fourth-order valence-corrected chi connectivity index (χ4v) is 3.38. The van der Waals surface area contributed by atoms with Crippen LogP contribution >= 0.6 is 0 Å². The maximum absolute atomic E-state index is 12.7. The van der Waals surface area contributed by atoms with Gasteiger partial charge in [0.1, 0.15) is 0 Å². The summed E-state index contributed by atoms with van der Waals surface area (Å²) in [5.41, 5.74) is 2.33. The molecule has 1 amide bonds. The van der Waals surface area contributed by atoms with E-state index in [1.54, 1.807) is 0 Å². The molecule has 3 rings (SSSR count). The van der Waals surface area contributed by atoms with Gasteiger partial charge in [-0.15, -0.1) is 0 Å². The average molecular weight is 275 g/mol. The lowest BCUT2D eigenvalue weighted by Crippen LogP contribution is -2.45. The Morgan fingerprint density at radius 1 is 1.45 bits per heavy atom. The molecule has 0 unspecified atom stereocenters.